The van der Waals surface area contributed by atoms with Crippen molar-refractivity contribution in [2.75, 3.05) is 0 Å². The van der Waals surface area contributed by atoms with Crippen LogP contribution in [0.1, 0.15) is 11.1 Å². The van der Waals surface area contributed by atoms with Gasteiger partial charge in [0.15, 0.2) is 0 Å². The van der Waals surface area contributed by atoms with Crippen LogP contribution in [-0.2, 0) is 21.2 Å². The largest absolute Gasteiger partial charge is 0.347 e. The van der Waals surface area contributed by atoms with Crippen LogP contribution in [0.2, 0.25) is 0 Å². The van der Waals surface area contributed by atoms with Gasteiger partial charge in [0.1, 0.15) is 4.91 Å². The molecule has 1 aromatic heterocycles. The Morgan fingerprint density at radius 3 is 2.36 bits per heavy atom. The maximum absolute atomic E-state index is 13.1. The second-order valence-electron chi connectivity index (χ2n) is 5.92. The zero-order valence-electron chi connectivity index (χ0n) is 14.7. The van der Waals surface area contributed by atoms with Gasteiger partial charge in [0.25, 0.3) is 5.91 Å². The molecule has 1 amide bonds. The molecule has 0 saturated carbocycles. The van der Waals surface area contributed by atoms with Crippen LogP contribution in [0.15, 0.2) is 93.4 Å². The molecule has 0 bridgehead atoms. The molecule has 0 aliphatic heterocycles. The molecule has 5 nitrogen and oxygen atoms in total. The molecule has 0 atom stereocenters. The minimum atomic E-state index is -3.99. The average molecular weight is 457 g/mol. The van der Waals surface area contributed by atoms with Crippen molar-refractivity contribution >= 4 is 37.8 Å². The number of nitrogens with one attached hydrogen (secondary N) is 1. The Kier molecular flexibility index (Phi) is 6.38. The van der Waals surface area contributed by atoms with Crippen LogP contribution < -0.4 is 5.32 Å². The van der Waals surface area contributed by atoms with E-state index in [1.165, 1.54) is 18.2 Å². The maximum Gasteiger partial charge on any atom is 0.263 e. The van der Waals surface area contributed by atoms with E-state index in [1.54, 1.807) is 67.0 Å². The fourth-order valence-corrected chi connectivity index (χ4v) is 4.12. The van der Waals surface area contributed by atoms with Crippen LogP contribution in [0.3, 0.4) is 0 Å². The normalized spacial score (nSPS) is 11.8. The molecule has 0 saturated heterocycles. The topological polar surface area (TPSA) is 76.1 Å². The summed E-state index contributed by atoms with van der Waals surface area (Å²) in [5.74, 6) is -0.671. The van der Waals surface area contributed by atoms with Gasteiger partial charge in [-0.1, -0.05) is 52.3 Å². The van der Waals surface area contributed by atoms with Gasteiger partial charge in [-0.2, -0.15) is 0 Å². The van der Waals surface area contributed by atoms with Gasteiger partial charge >= 0.3 is 0 Å². The highest BCUT2D eigenvalue weighted by Gasteiger charge is 2.26. The van der Waals surface area contributed by atoms with Crippen molar-refractivity contribution in [2.24, 2.45) is 0 Å². The van der Waals surface area contributed by atoms with E-state index in [4.69, 9.17) is 0 Å². The Morgan fingerprint density at radius 1 is 1.00 bits per heavy atom. The SMILES string of the molecule is O=C(NCc1cccnc1)C(=Cc1ccc(Br)cc1)S(=O)(=O)c1ccccc1. The molecule has 0 fully saturated rings. The number of hydrogen-bond donors (Lipinski definition) is 1. The highest BCUT2D eigenvalue weighted by Crippen LogP contribution is 2.22. The van der Waals surface area contributed by atoms with E-state index in [2.05, 4.69) is 26.2 Å². The molecular weight excluding hydrogens is 440 g/mol. The number of amides is 1. The Balaban J connectivity index is 1.96. The molecule has 1 heterocycles. The van der Waals surface area contributed by atoms with Crippen LogP contribution in [0.5, 0.6) is 0 Å². The van der Waals surface area contributed by atoms with Gasteiger partial charge < -0.3 is 5.32 Å². The molecule has 0 aliphatic rings. The molecule has 2 aromatic carbocycles. The molecule has 28 heavy (non-hydrogen) atoms. The summed E-state index contributed by atoms with van der Waals surface area (Å²) in [5.41, 5.74) is 1.38. The molecule has 0 spiro atoms. The van der Waals surface area contributed by atoms with Gasteiger partial charge in [0.2, 0.25) is 9.84 Å². The van der Waals surface area contributed by atoms with Crippen molar-refractivity contribution in [2.45, 2.75) is 11.4 Å². The lowest BCUT2D eigenvalue weighted by atomic mass is 10.2. The van der Waals surface area contributed by atoms with Gasteiger partial charge in [0.05, 0.1) is 4.90 Å². The third-order valence-corrected chi connectivity index (χ3v) is 6.21. The molecule has 0 radical (unpaired) electrons. The first-order valence-electron chi connectivity index (χ1n) is 8.41. The smallest absolute Gasteiger partial charge is 0.263 e. The van der Waals surface area contributed by atoms with Crippen molar-refractivity contribution in [3.05, 3.63) is 99.6 Å². The van der Waals surface area contributed by atoms with E-state index >= 15 is 0 Å². The Labute approximate surface area is 172 Å². The van der Waals surface area contributed by atoms with Crippen LogP contribution in [0.4, 0.5) is 0 Å². The second kappa shape index (κ2) is 8.95. The molecule has 0 aliphatic carbocycles. The Bertz CT molecular complexity index is 1080. The van der Waals surface area contributed by atoms with E-state index in [0.29, 0.717) is 5.56 Å². The van der Waals surface area contributed by atoms with Gasteiger partial charge in [-0.05, 0) is 47.5 Å². The number of rotatable bonds is 6. The first-order valence-corrected chi connectivity index (χ1v) is 10.7. The lowest BCUT2D eigenvalue weighted by Crippen LogP contribution is -2.28. The van der Waals surface area contributed by atoms with E-state index in [-0.39, 0.29) is 16.3 Å². The predicted molar refractivity (Wildman–Crippen MR) is 112 cm³/mol. The summed E-state index contributed by atoms with van der Waals surface area (Å²) in [6.07, 6.45) is 4.63. The molecule has 1 N–H and O–H groups in total. The number of sulfone groups is 1. The average Bonchev–Trinajstić information content (AvgIpc) is 2.73. The molecule has 142 valence electrons. The van der Waals surface area contributed by atoms with Crippen LogP contribution in [0, 0.1) is 0 Å². The lowest BCUT2D eigenvalue weighted by molar-refractivity contribution is -0.116. The molecule has 0 unspecified atom stereocenters. The van der Waals surface area contributed by atoms with Crippen molar-refractivity contribution in [3.8, 4) is 0 Å². The quantitative estimate of drug-likeness (QED) is 0.569. The fourth-order valence-electron chi connectivity index (χ4n) is 2.47. The third-order valence-electron chi connectivity index (χ3n) is 3.91. The van der Waals surface area contributed by atoms with Gasteiger partial charge in [-0.15, -0.1) is 0 Å². The Morgan fingerprint density at radius 2 is 1.71 bits per heavy atom. The monoisotopic (exact) mass is 456 g/mol. The lowest BCUT2D eigenvalue weighted by Gasteiger charge is -2.11. The van der Waals surface area contributed by atoms with Gasteiger partial charge in [0, 0.05) is 23.4 Å². The van der Waals surface area contributed by atoms with E-state index < -0.39 is 15.7 Å². The number of aromatic nitrogens is 1. The summed E-state index contributed by atoms with van der Waals surface area (Å²) in [5, 5.41) is 2.67. The third kappa shape index (κ3) is 4.94. The number of carbonyl (C=O) groups is 1. The summed E-state index contributed by atoms with van der Waals surface area (Å²) in [6, 6.07) is 18.5. The van der Waals surface area contributed by atoms with E-state index in [0.717, 1.165) is 10.0 Å². The van der Waals surface area contributed by atoms with Crippen molar-refractivity contribution in [1.82, 2.24) is 10.3 Å². The summed E-state index contributed by atoms with van der Waals surface area (Å²) in [6.45, 7) is 0.175. The zero-order chi connectivity index (χ0) is 20.0. The standard InChI is InChI=1S/C21H17BrN2O3S/c22-18-10-8-16(9-11-18)13-20(28(26,27)19-6-2-1-3-7-19)21(25)24-15-17-5-4-12-23-14-17/h1-14H,15H2,(H,24,25). The van der Waals surface area contributed by atoms with Crippen molar-refractivity contribution < 1.29 is 13.2 Å². The first-order chi connectivity index (χ1) is 13.5. The van der Waals surface area contributed by atoms with Crippen LogP contribution >= 0.6 is 15.9 Å². The minimum Gasteiger partial charge on any atom is -0.347 e. The summed E-state index contributed by atoms with van der Waals surface area (Å²) in [4.78, 5) is 16.6. The maximum atomic E-state index is 13.1. The predicted octanol–water partition coefficient (Wildman–Crippen LogP) is 3.98. The van der Waals surface area contributed by atoms with Gasteiger partial charge in [-0.3, -0.25) is 9.78 Å². The molecule has 3 aromatic rings. The number of benzene rings is 2. The summed E-state index contributed by atoms with van der Waals surface area (Å²) in [7, 11) is -3.99. The number of hydrogen-bond acceptors (Lipinski definition) is 4. The Hall–Kier alpha value is -2.77. The number of halogens is 1. The number of carbonyl (C=O) groups excluding carboxylic acids is 1. The molecular formula is C21H17BrN2O3S. The number of pyridine rings is 1. The summed E-state index contributed by atoms with van der Waals surface area (Å²) < 4.78 is 27.1. The fraction of sp³-hybridized carbons (Fsp3) is 0.0476. The van der Waals surface area contributed by atoms with Crippen molar-refractivity contribution in [1.29, 1.82) is 0 Å². The minimum absolute atomic E-state index is 0.0647. The van der Waals surface area contributed by atoms with Crippen LogP contribution in [0.25, 0.3) is 6.08 Å². The van der Waals surface area contributed by atoms with Gasteiger partial charge in [-0.25, -0.2) is 8.42 Å². The second-order valence-corrected chi connectivity index (χ2v) is 8.75. The highest BCUT2D eigenvalue weighted by atomic mass is 79.9. The zero-order valence-corrected chi connectivity index (χ0v) is 17.2. The van der Waals surface area contributed by atoms with Crippen LogP contribution in [-0.4, -0.2) is 19.3 Å². The number of nitrogens with zero attached hydrogens (tertiary/aromatic N) is 1. The summed E-state index contributed by atoms with van der Waals surface area (Å²) >= 11 is 3.34. The van der Waals surface area contributed by atoms with E-state index in [9.17, 15) is 13.2 Å². The van der Waals surface area contributed by atoms with E-state index in [1.807, 2.05) is 0 Å². The highest BCUT2D eigenvalue weighted by molar-refractivity contribution is 9.10. The molecule has 7 heteroatoms. The van der Waals surface area contributed by atoms with Crippen molar-refractivity contribution in [3.63, 3.8) is 0 Å². The molecule has 3 rings (SSSR count). The first kappa shape index (κ1) is 20.0.